The van der Waals surface area contributed by atoms with Gasteiger partial charge in [0, 0.05) is 12.7 Å². The van der Waals surface area contributed by atoms with E-state index in [1.807, 2.05) is 0 Å². The largest absolute Gasteiger partial charge is 0.481 e. The van der Waals surface area contributed by atoms with E-state index in [4.69, 9.17) is 0 Å². The van der Waals surface area contributed by atoms with Gasteiger partial charge in [0.15, 0.2) is 0 Å². The molecule has 0 fully saturated rings. The highest BCUT2D eigenvalue weighted by atomic mass is 19.1. The number of anilines is 1. The Labute approximate surface area is 111 Å². The zero-order valence-corrected chi connectivity index (χ0v) is 11.5. The highest BCUT2D eigenvalue weighted by Crippen LogP contribution is 2.29. The quantitative estimate of drug-likeness (QED) is 0.856. The summed E-state index contributed by atoms with van der Waals surface area (Å²) < 4.78 is 12.8. The van der Waals surface area contributed by atoms with Crippen molar-refractivity contribution in [1.29, 1.82) is 0 Å². The molecule has 0 radical (unpaired) electrons. The molecule has 1 amide bonds. The number of amides is 1. The molecule has 104 valence electrons. The van der Waals surface area contributed by atoms with Crippen molar-refractivity contribution >= 4 is 17.6 Å². The lowest BCUT2D eigenvalue weighted by Crippen LogP contribution is -2.43. The maximum absolute atomic E-state index is 12.8. The first-order valence-electron chi connectivity index (χ1n) is 5.90. The minimum atomic E-state index is -1.16. The molecule has 1 rings (SSSR count). The average Bonchev–Trinajstić information content (AvgIpc) is 2.26. The third-order valence-electron chi connectivity index (χ3n) is 2.90. The van der Waals surface area contributed by atoms with E-state index < -0.39 is 29.0 Å². The predicted octanol–water partition coefficient (Wildman–Crippen LogP) is 2.54. The molecule has 0 aliphatic rings. The molecular weight excluding hydrogens is 249 g/mol. The SMILES string of the molecule is CN(C(=O)C(C(=O)O)C(C)(C)C)c1ccc(F)cc1. The van der Waals surface area contributed by atoms with Crippen LogP contribution in [0.2, 0.25) is 0 Å². The molecule has 0 saturated heterocycles. The number of hydrogen-bond donors (Lipinski definition) is 1. The molecule has 1 atom stereocenters. The van der Waals surface area contributed by atoms with Crippen molar-refractivity contribution in [2.45, 2.75) is 20.8 Å². The summed E-state index contributed by atoms with van der Waals surface area (Å²) in [6, 6.07) is 5.33. The van der Waals surface area contributed by atoms with Crippen molar-refractivity contribution in [2.24, 2.45) is 11.3 Å². The van der Waals surface area contributed by atoms with Crippen LogP contribution in [0.3, 0.4) is 0 Å². The minimum Gasteiger partial charge on any atom is -0.481 e. The molecule has 1 unspecified atom stereocenters. The van der Waals surface area contributed by atoms with Gasteiger partial charge >= 0.3 is 5.97 Å². The van der Waals surface area contributed by atoms with E-state index in [0.717, 1.165) is 0 Å². The van der Waals surface area contributed by atoms with Crippen LogP contribution < -0.4 is 4.90 Å². The van der Waals surface area contributed by atoms with Crippen LogP contribution in [0.25, 0.3) is 0 Å². The van der Waals surface area contributed by atoms with E-state index >= 15 is 0 Å². The maximum Gasteiger partial charge on any atom is 0.316 e. The van der Waals surface area contributed by atoms with Crippen LogP contribution in [0.5, 0.6) is 0 Å². The Bertz CT molecular complexity index is 476. The molecule has 0 heterocycles. The Hall–Kier alpha value is -1.91. The number of nitrogens with zero attached hydrogens (tertiary/aromatic N) is 1. The number of benzene rings is 1. The van der Waals surface area contributed by atoms with Crippen molar-refractivity contribution in [3.63, 3.8) is 0 Å². The summed E-state index contributed by atoms with van der Waals surface area (Å²) >= 11 is 0. The van der Waals surface area contributed by atoms with Gasteiger partial charge in [0.25, 0.3) is 0 Å². The van der Waals surface area contributed by atoms with Gasteiger partial charge in [-0.2, -0.15) is 0 Å². The number of carboxylic acid groups (broad SMARTS) is 1. The van der Waals surface area contributed by atoms with Gasteiger partial charge in [-0.1, -0.05) is 20.8 Å². The average molecular weight is 267 g/mol. The lowest BCUT2D eigenvalue weighted by atomic mass is 9.80. The summed E-state index contributed by atoms with van der Waals surface area (Å²) in [5.74, 6) is -3.24. The lowest BCUT2D eigenvalue weighted by molar-refractivity contribution is -0.150. The van der Waals surface area contributed by atoms with E-state index in [2.05, 4.69) is 0 Å². The van der Waals surface area contributed by atoms with Gasteiger partial charge in [0.2, 0.25) is 5.91 Å². The number of carboxylic acids is 1. The van der Waals surface area contributed by atoms with Gasteiger partial charge in [0.1, 0.15) is 11.7 Å². The monoisotopic (exact) mass is 267 g/mol. The molecule has 0 spiro atoms. The minimum absolute atomic E-state index is 0.407. The number of aliphatic carboxylic acids is 1. The van der Waals surface area contributed by atoms with Gasteiger partial charge in [-0.15, -0.1) is 0 Å². The molecule has 5 heteroatoms. The van der Waals surface area contributed by atoms with Crippen molar-refractivity contribution in [3.05, 3.63) is 30.1 Å². The molecule has 1 aromatic carbocycles. The number of halogens is 1. The second kappa shape index (κ2) is 5.38. The number of rotatable bonds is 3. The molecular formula is C14H18FNO3. The first kappa shape index (κ1) is 15.1. The summed E-state index contributed by atoms with van der Waals surface area (Å²) in [6.45, 7) is 5.09. The van der Waals surface area contributed by atoms with E-state index in [1.54, 1.807) is 20.8 Å². The van der Waals surface area contributed by atoms with Crippen LogP contribution >= 0.6 is 0 Å². The van der Waals surface area contributed by atoms with Crippen LogP contribution in [0.1, 0.15) is 20.8 Å². The smallest absolute Gasteiger partial charge is 0.316 e. The summed E-state index contributed by atoms with van der Waals surface area (Å²) in [7, 11) is 1.48. The normalized spacial score (nSPS) is 12.9. The Morgan fingerprint density at radius 3 is 2.05 bits per heavy atom. The predicted molar refractivity (Wildman–Crippen MR) is 70.4 cm³/mol. The highest BCUT2D eigenvalue weighted by Gasteiger charge is 2.39. The Kier molecular flexibility index (Phi) is 4.29. The lowest BCUT2D eigenvalue weighted by Gasteiger charge is -2.29. The Morgan fingerprint density at radius 1 is 1.21 bits per heavy atom. The summed E-state index contributed by atoms with van der Waals surface area (Å²) in [5.41, 5.74) is -0.237. The molecule has 1 N–H and O–H groups in total. The van der Waals surface area contributed by atoms with Gasteiger partial charge in [-0.3, -0.25) is 9.59 Å². The molecule has 19 heavy (non-hydrogen) atoms. The van der Waals surface area contributed by atoms with Crippen molar-refractivity contribution in [2.75, 3.05) is 11.9 Å². The molecule has 0 aromatic heterocycles. The van der Waals surface area contributed by atoms with Gasteiger partial charge in [-0.25, -0.2) is 4.39 Å². The van der Waals surface area contributed by atoms with E-state index in [-0.39, 0.29) is 0 Å². The molecule has 4 nitrogen and oxygen atoms in total. The standard InChI is InChI=1S/C14H18FNO3/c1-14(2,3)11(13(18)19)12(17)16(4)10-7-5-9(15)6-8-10/h5-8,11H,1-4H3,(H,18,19). The van der Waals surface area contributed by atoms with Crippen LogP contribution in [0.4, 0.5) is 10.1 Å². The van der Waals surface area contributed by atoms with Gasteiger partial charge in [-0.05, 0) is 29.7 Å². The van der Waals surface area contributed by atoms with E-state index in [1.165, 1.54) is 36.2 Å². The molecule has 0 aliphatic carbocycles. The zero-order valence-electron chi connectivity index (χ0n) is 11.5. The molecule has 1 aromatic rings. The summed E-state index contributed by atoms with van der Waals surface area (Å²) in [6.07, 6.45) is 0. The fraction of sp³-hybridized carbons (Fsp3) is 0.429. The van der Waals surface area contributed by atoms with Gasteiger partial charge in [0.05, 0.1) is 0 Å². The fourth-order valence-electron chi connectivity index (χ4n) is 1.83. The second-order valence-corrected chi connectivity index (χ2v) is 5.51. The Balaban J connectivity index is 3.04. The van der Waals surface area contributed by atoms with Crippen LogP contribution in [-0.4, -0.2) is 24.0 Å². The van der Waals surface area contributed by atoms with E-state index in [9.17, 15) is 19.1 Å². The van der Waals surface area contributed by atoms with Crippen molar-refractivity contribution < 1.29 is 19.1 Å². The Morgan fingerprint density at radius 2 is 1.68 bits per heavy atom. The van der Waals surface area contributed by atoms with Crippen molar-refractivity contribution in [1.82, 2.24) is 0 Å². The third kappa shape index (κ3) is 3.53. The van der Waals surface area contributed by atoms with E-state index in [0.29, 0.717) is 5.69 Å². The zero-order chi connectivity index (χ0) is 14.8. The number of hydrogen-bond acceptors (Lipinski definition) is 2. The molecule has 0 saturated carbocycles. The molecule has 0 bridgehead atoms. The van der Waals surface area contributed by atoms with Crippen LogP contribution in [0.15, 0.2) is 24.3 Å². The summed E-state index contributed by atoms with van der Waals surface area (Å²) in [5, 5.41) is 9.21. The molecule has 0 aliphatic heterocycles. The third-order valence-corrected chi connectivity index (χ3v) is 2.90. The topological polar surface area (TPSA) is 57.6 Å². The summed E-state index contributed by atoms with van der Waals surface area (Å²) in [4.78, 5) is 24.8. The van der Waals surface area contributed by atoms with Crippen molar-refractivity contribution in [3.8, 4) is 0 Å². The van der Waals surface area contributed by atoms with Crippen LogP contribution in [-0.2, 0) is 9.59 Å². The van der Waals surface area contributed by atoms with Gasteiger partial charge < -0.3 is 10.0 Å². The number of carbonyl (C=O) groups excluding carboxylic acids is 1. The number of carbonyl (C=O) groups is 2. The highest BCUT2D eigenvalue weighted by molar-refractivity contribution is 6.06. The first-order valence-corrected chi connectivity index (χ1v) is 5.90. The fourth-order valence-corrected chi connectivity index (χ4v) is 1.83. The second-order valence-electron chi connectivity index (χ2n) is 5.51. The van der Waals surface area contributed by atoms with Crippen LogP contribution in [0, 0.1) is 17.2 Å². The maximum atomic E-state index is 12.8. The first-order chi connectivity index (χ1) is 8.64.